The van der Waals surface area contributed by atoms with E-state index in [0.29, 0.717) is 12.7 Å². The van der Waals surface area contributed by atoms with Crippen molar-refractivity contribution < 1.29 is 14.2 Å². The number of imidazole rings is 1. The summed E-state index contributed by atoms with van der Waals surface area (Å²) >= 11 is 0. The normalized spacial score (nSPS) is 23.6. The summed E-state index contributed by atoms with van der Waals surface area (Å²) in [7, 11) is 2.02. The van der Waals surface area contributed by atoms with Gasteiger partial charge in [-0.2, -0.15) is 0 Å². The third-order valence-electron chi connectivity index (χ3n) is 4.91. The van der Waals surface area contributed by atoms with Gasteiger partial charge < -0.3 is 24.1 Å². The zero-order valence-electron chi connectivity index (χ0n) is 14.1. The monoisotopic (exact) mass is 329 g/mol. The molecule has 1 unspecified atom stereocenters. The number of nitrogens with zero attached hydrogens (tertiary/aromatic N) is 2. The Hall–Kier alpha value is -2.05. The molecule has 3 heterocycles. The molecule has 1 aromatic carbocycles. The lowest BCUT2D eigenvalue weighted by Crippen LogP contribution is -2.28. The Morgan fingerprint density at radius 3 is 3.04 bits per heavy atom. The Labute approximate surface area is 141 Å². The summed E-state index contributed by atoms with van der Waals surface area (Å²) in [5, 5.41) is 3.63. The highest BCUT2D eigenvalue weighted by Crippen LogP contribution is 2.35. The molecule has 0 aliphatic carbocycles. The molecule has 1 N–H and O–H groups in total. The van der Waals surface area contributed by atoms with Gasteiger partial charge in [0.05, 0.1) is 0 Å². The lowest BCUT2D eigenvalue weighted by Gasteiger charge is -2.21. The lowest BCUT2D eigenvalue weighted by molar-refractivity contribution is 0.0806. The predicted octanol–water partition coefficient (Wildman–Crippen LogP) is 2.58. The van der Waals surface area contributed by atoms with Crippen molar-refractivity contribution in [1.29, 1.82) is 0 Å². The molecule has 6 nitrogen and oxygen atoms in total. The predicted molar refractivity (Wildman–Crippen MR) is 89.0 cm³/mol. The second-order valence-electron chi connectivity index (χ2n) is 6.48. The molecule has 1 aromatic heterocycles. The first-order valence-electron chi connectivity index (χ1n) is 8.44. The minimum absolute atomic E-state index is 0.0708. The summed E-state index contributed by atoms with van der Waals surface area (Å²) in [6.45, 7) is 4.17. The number of aryl methyl sites for hydroxylation is 1. The van der Waals surface area contributed by atoms with Gasteiger partial charge in [0.1, 0.15) is 11.9 Å². The van der Waals surface area contributed by atoms with E-state index in [0.717, 1.165) is 36.9 Å². The third kappa shape index (κ3) is 2.87. The molecular formula is C18H23N3O3. The van der Waals surface area contributed by atoms with E-state index in [1.165, 1.54) is 5.56 Å². The summed E-state index contributed by atoms with van der Waals surface area (Å²) in [6, 6.07) is 6.36. The van der Waals surface area contributed by atoms with E-state index in [9.17, 15) is 0 Å². The van der Waals surface area contributed by atoms with Gasteiger partial charge in [-0.3, -0.25) is 0 Å². The van der Waals surface area contributed by atoms with Crippen LogP contribution < -0.4 is 14.8 Å². The van der Waals surface area contributed by atoms with Gasteiger partial charge in [-0.15, -0.1) is 0 Å². The average molecular weight is 329 g/mol. The first-order valence-corrected chi connectivity index (χ1v) is 8.44. The molecule has 0 spiro atoms. The summed E-state index contributed by atoms with van der Waals surface area (Å²) in [5.41, 5.74) is 1.20. The number of hydrogen-bond donors (Lipinski definition) is 1. The van der Waals surface area contributed by atoms with Crippen molar-refractivity contribution in [2.75, 3.05) is 19.9 Å². The maximum Gasteiger partial charge on any atom is 0.231 e. The molecular weight excluding hydrogens is 306 g/mol. The molecule has 0 radical (unpaired) electrons. The van der Waals surface area contributed by atoms with Crippen molar-refractivity contribution in [3.05, 3.63) is 42.0 Å². The quantitative estimate of drug-likeness (QED) is 0.914. The van der Waals surface area contributed by atoms with E-state index in [1.54, 1.807) is 0 Å². The van der Waals surface area contributed by atoms with Crippen molar-refractivity contribution in [1.82, 2.24) is 14.9 Å². The highest BCUT2D eigenvalue weighted by Gasteiger charge is 2.32. The summed E-state index contributed by atoms with van der Waals surface area (Å²) in [4.78, 5) is 4.45. The number of nitrogens with one attached hydrogen (secondary N) is 1. The summed E-state index contributed by atoms with van der Waals surface area (Å²) in [5.74, 6) is 3.10. The SMILES string of the molecule is CC(NC[C@@H]1CCO[C@H]1c1nccn1C)c1ccc2c(c1)OCO2. The fourth-order valence-electron chi connectivity index (χ4n) is 3.41. The van der Waals surface area contributed by atoms with Crippen LogP contribution in [0.1, 0.15) is 36.9 Å². The van der Waals surface area contributed by atoms with Crippen LogP contribution in [-0.4, -0.2) is 29.5 Å². The number of rotatable bonds is 5. The Morgan fingerprint density at radius 1 is 1.33 bits per heavy atom. The van der Waals surface area contributed by atoms with Crippen molar-refractivity contribution in [3.63, 3.8) is 0 Å². The summed E-state index contributed by atoms with van der Waals surface area (Å²) in [6.07, 6.45) is 4.92. The molecule has 0 bridgehead atoms. The number of ether oxygens (including phenoxy) is 3. The second-order valence-corrected chi connectivity index (χ2v) is 6.48. The molecule has 0 amide bonds. The van der Waals surface area contributed by atoms with Crippen molar-refractivity contribution in [2.45, 2.75) is 25.5 Å². The first kappa shape index (κ1) is 15.5. The van der Waals surface area contributed by atoms with E-state index in [-0.39, 0.29) is 12.1 Å². The minimum Gasteiger partial charge on any atom is -0.454 e. The van der Waals surface area contributed by atoms with Crippen LogP contribution in [0.3, 0.4) is 0 Å². The van der Waals surface area contributed by atoms with Gasteiger partial charge >= 0.3 is 0 Å². The van der Waals surface area contributed by atoms with Crippen LogP contribution in [0.2, 0.25) is 0 Å². The molecule has 1 fully saturated rings. The fourth-order valence-corrected chi connectivity index (χ4v) is 3.41. The van der Waals surface area contributed by atoms with Gasteiger partial charge in [0, 0.05) is 44.6 Å². The molecule has 24 heavy (non-hydrogen) atoms. The van der Waals surface area contributed by atoms with Crippen LogP contribution in [0.4, 0.5) is 0 Å². The smallest absolute Gasteiger partial charge is 0.231 e. The van der Waals surface area contributed by atoms with Gasteiger partial charge in [0.25, 0.3) is 0 Å². The molecule has 0 saturated carbocycles. The van der Waals surface area contributed by atoms with Gasteiger partial charge in [0.2, 0.25) is 6.79 Å². The van der Waals surface area contributed by atoms with E-state index in [2.05, 4.69) is 29.4 Å². The van der Waals surface area contributed by atoms with Crippen LogP contribution in [0.15, 0.2) is 30.6 Å². The second kappa shape index (κ2) is 6.45. The van der Waals surface area contributed by atoms with Crippen LogP contribution in [-0.2, 0) is 11.8 Å². The highest BCUT2D eigenvalue weighted by molar-refractivity contribution is 5.45. The topological polar surface area (TPSA) is 57.5 Å². The van der Waals surface area contributed by atoms with E-state index in [4.69, 9.17) is 14.2 Å². The maximum absolute atomic E-state index is 5.93. The molecule has 3 atom stereocenters. The minimum atomic E-state index is 0.0708. The zero-order valence-corrected chi connectivity index (χ0v) is 14.1. The van der Waals surface area contributed by atoms with Crippen molar-refractivity contribution in [2.24, 2.45) is 13.0 Å². The Bertz CT molecular complexity index is 715. The van der Waals surface area contributed by atoms with Crippen LogP contribution in [0.5, 0.6) is 11.5 Å². The standard InChI is InChI=1S/C18H23N3O3/c1-12(13-3-4-15-16(9-13)24-11-23-15)20-10-14-5-8-22-17(14)18-19-6-7-21(18)2/h3-4,6-7,9,12,14,17,20H,5,8,10-11H2,1-2H3/t12?,14-,17+/m0/s1. The largest absolute Gasteiger partial charge is 0.454 e. The molecule has 2 aromatic rings. The highest BCUT2D eigenvalue weighted by atomic mass is 16.7. The van der Waals surface area contributed by atoms with E-state index >= 15 is 0 Å². The van der Waals surface area contributed by atoms with Gasteiger partial charge in [-0.1, -0.05) is 6.07 Å². The molecule has 6 heteroatoms. The molecule has 1 saturated heterocycles. The molecule has 128 valence electrons. The van der Waals surface area contributed by atoms with E-state index < -0.39 is 0 Å². The van der Waals surface area contributed by atoms with Crippen molar-refractivity contribution >= 4 is 0 Å². The van der Waals surface area contributed by atoms with Crippen LogP contribution >= 0.6 is 0 Å². The number of fused-ring (bicyclic) bond motifs is 1. The number of aromatic nitrogens is 2. The van der Waals surface area contributed by atoms with Crippen LogP contribution in [0, 0.1) is 5.92 Å². The maximum atomic E-state index is 5.93. The number of hydrogen-bond acceptors (Lipinski definition) is 5. The van der Waals surface area contributed by atoms with Gasteiger partial charge in [-0.25, -0.2) is 4.98 Å². The Morgan fingerprint density at radius 2 is 2.21 bits per heavy atom. The van der Waals surface area contributed by atoms with E-state index in [1.807, 2.05) is 30.1 Å². The molecule has 2 aliphatic heterocycles. The average Bonchev–Trinajstić information content (AvgIpc) is 3.31. The van der Waals surface area contributed by atoms with Crippen molar-refractivity contribution in [3.8, 4) is 11.5 Å². The Balaban J connectivity index is 1.40. The van der Waals surface area contributed by atoms with Gasteiger partial charge in [-0.05, 0) is 31.0 Å². The molecule has 4 rings (SSSR count). The number of benzene rings is 1. The fraction of sp³-hybridized carbons (Fsp3) is 0.500. The third-order valence-corrected chi connectivity index (χ3v) is 4.91. The molecule has 2 aliphatic rings. The van der Waals surface area contributed by atoms with Gasteiger partial charge in [0.15, 0.2) is 11.5 Å². The Kier molecular flexibility index (Phi) is 4.16. The lowest BCUT2D eigenvalue weighted by atomic mass is 9.99. The summed E-state index contributed by atoms with van der Waals surface area (Å²) < 4.78 is 18.8. The first-order chi connectivity index (χ1) is 11.7. The zero-order chi connectivity index (χ0) is 16.5. The van der Waals surface area contributed by atoms with Crippen LogP contribution in [0.25, 0.3) is 0 Å².